The Bertz CT molecular complexity index is 741. The number of carbonyl (C=O) groups is 1. The van der Waals surface area contributed by atoms with Crippen LogP contribution < -0.4 is 0 Å². The number of aromatic nitrogens is 2. The fraction of sp³-hybridized carbons (Fsp3) is 0. The Morgan fingerprint density at radius 3 is 2.94 bits per heavy atom. The molecule has 6 heteroatoms. The highest BCUT2D eigenvalue weighted by atomic mass is 16.5. The molecule has 1 aromatic carbocycles. The first-order valence-electron chi connectivity index (χ1n) is 5.16. The van der Waals surface area contributed by atoms with Gasteiger partial charge in [0.05, 0.1) is 5.39 Å². The number of hydrogen-bond acceptors (Lipinski definition) is 4. The Morgan fingerprint density at radius 2 is 2.22 bits per heavy atom. The molecule has 90 valence electrons. The first-order valence-corrected chi connectivity index (χ1v) is 5.16. The third-order valence-electron chi connectivity index (χ3n) is 2.68. The molecule has 0 aliphatic rings. The smallest absolute Gasteiger partial charge is 0.358 e. The van der Waals surface area contributed by atoms with Crippen molar-refractivity contribution in [1.29, 1.82) is 0 Å². The molecule has 0 bridgehead atoms. The molecular weight excluding hydrogens is 236 g/mol. The number of H-pyrrole nitrogens is 1. The van der Waals surface area contributed by atoms with Gasteiger partial charge in [0.15, 0.2) is 11.5 Å². The number of nitrogens with zero attached hydrogens (tertiary/aromatic N) is 1. The maximum Gasteiger partial charge on any atom is 0.358 e. The van der Waals surface area contributed by atoms with Crippen molar-refractivity contribution in [2.24, 2.45) is 0 Å². The lowest BCUT2D eigenvalue weighted by molar-refractivity contribution is 0.0686. The van der Waals surface area contributed by atoms with Crippen LogP contribution in [-0.4, -0.2) is 26.3 Å². The Morgan fingerprint density at radius 1 is 1.39 bits per heavy atom. The molecule has 18 heavy (non-hydrogen) atoms. The highest BCUT2D eigenvalue weighted by Crippen LogP contribution is 2.34. The lowest BCUT2D eigenvalue weighted by Gasteiger charge is -1.96. The highest BCUT2D eigenvalue weighted by molar-refractivity contribution is 5.99. The van der Waals surface area contributed by atoms with Gasteiger partial charge in [0, 0.05) is 23.3 Å². The number of phenols is 1. The van der Waals surface area contributed by atoms with Crippen molar-refractivity contribution < 1.29 is 19.5 Å². The number of carboxylic acid groups (broad SMARTS) is 1. The van der Waals surface area contributed by atoms with Crippen molar-refractivity contribution in [1.82, 2.24) is 10.1 Å². The zero-order valence-corrected chi connectivity index (χ0v) is 9.04. The van der Waals surface area contributed by atoms with Gasteiger partial charge in [-0.2, -0.15) is 0 Å². The van der Waals surface area contributed by atoms with E-state index in [0.717, 1.165) is 5.52 Å². The fourth-order valence-corrected chi connectivity index (χ4v) is 1.86. The van der Waals surface area contributed by atoms with Crippen LogP contribution >= 0.6 is 0 Å². The first kappa shape index (κ1) is 10.4. The number of aromatic amines is 1. The molecule has 0 atom stereocenters. The summed E-state index contributed by atoms with van der Waals surface area (Å²) in [6, 6.07) is 6.37. The SMILES string of the molecule is O=C(O)c1cc(-c2c[nH]c3cccc(O)c23)on1. The van der Waals surface area contributed by atoms with E-state index in [1.165, 1.54) is 6.07 Å². The molecule has 6 nitrogen and oxygen atoms in total. The third-order valence-corrected chi connectivity index (χ3v) is 2.68. The van der Waals surface area contributed by atoms with Gasteiger partial charge in [0.2, 0.25) is 0 Å². The van der Waals surface area contributed by atoms with Gasteiger partial charge < -0.3 is 19.7 Å². The summed E-state index contributed by atoms with van der Waals surface area (Å²) >= 11 is 0. The lowest BCUT2D eigenvalue weighted by atomic mass is 10.1. The number of benzene rings is 1. The largest absolute Gasteiger partial charge is 0.507 e. The predicted octanol–water partition coefficient (Wildman–Crippen LogP) is 2.23. The molecule has 2 heterocycles. The molecule has 0 aliphatic carbocycles. The second-order valence-corrected chi connectivity index (χ2v) is 3.78. The van der Waals surface area contributed by atoms with Crippen molar-refractivity contribution in [3.8, 4) is 17.1 Å². The number of nitrogens with one attached hydrogen (secondary N) is 1. The van der Waals surface area contributed by atoms with E-state index in [1.54, 1.807) is 24.4 Å². The van der Waals surface area contributed by atoms with E-state index >= 15 is 0 Å². The molecule has 3 rings (SSSR count). The van der Waals surface area contributed by atoms with Gasteiger partial charge >= 0.3 is 5.97 Å². The lowest BCUT2D eigenvalue weighted by Crippen LogP contribution is -1.94. The summed E-state index contributed by atoms with van der Waals surface area (Å²) in [4.78, 5) is 13.7. The minimum Gasteiger partial charge on any atom is -0.507 e. The predicted molar refractivity (Wildman–Crippen MR) is 62.4 cm³/mol. The van der Waals surface area contributed by atoms with Crippen molar-refractivity contribution >= 4 is 16.9 Å². The molecule has 0 spiro atoms. The summed E-state index contributed by atoms with van der Waals surface area (Å²) in [5, 5.41) is 22.6. The fourth-order valence-electron chi connectivity index (χ4n) is 1.86. The third kappa shape index (κ3) is 1.43. The number of hydrogen-bond donors (Lipinski definition) is 3. The van der Waals surface area contributed by atoms with Gasteiger partial charge in [-0.05, 0) is 12.1 Å². The van der Waals surface area contributed by atoms with Crippen molar-refractivity contribution in [2.45, 2.75) is 0 Å². The van der Waals surface area contributed by atoms with E-state index in [-0.39, 0.29) is 11.4 Å². The molecule has 3 aromatic rings. The maximum absolute atomic E-state index is 10.7. The summed E-state index contributed by atoms with van der Waals surface area (Å²) in [5.74, 6) is -0.772. The van der Waals surface area contributed by atoms with Crippen LogP contribution in [0, 0.1) is 0 Å². The molecule has 3 N–H and O–H groups in total. The first-order chi connectivity index (χ1) is 8.66. The standard InChI is InChI=1S/C12H8N2O4/c15-9-3-1-2-7-11(9)6(5-13-7)10-4-8(12(16)17)14-18-10/h1-5,13,15H,(H,16,17). The van der Waals surface area contributed by atoms with E-state index < -0.39 is 5.97 Å². The number of carboxylic acids is 1. The highest BCUT2D eigenvalue weighted by Gasteiger charge is 2.16. The van der Waals surface area contributed by atoms with E-state index in [1.807, 2.05) is 0 Å². The van der Waals surface area contributed by atoms with Crippen molar-refractivity contribution in [3.05, 3.63) is 36.2 Å². The topological polar surface area (TPSA) is 99.3 Å². The Hall–Kier alpha value is -2.76. The number of aromatic carboxylic acids is 1. The maximum atomic E-state index is 10.7. The normalized spacial score (nSPS) is 10.9. The van der Waals surface area contributed by atoms with Crippen LogP contribution in [0.15, 0.2) is 35.0 Å². The van der Waals surface area contributed by atoms with E-state index in [9.17, 15) is 9.90 Å². The minimum absolute atomic E-state index is 0.0945. The molecule has 0 unspecified atom stereocenters. The van der Waals surface area contributed by atoms with Gasteiger partial charge in [-0.3, -0.25) is 0 Å². The number of fused-ring (bicyclic) bond motifs is 1. The van der Waals surface area contributed by atoms with Crippen LogP contribution in [0.25, 0.3) is 22.2 Å². The van der Waals surface area contributed by atoms with Gasteiger partial charge in [0.1, 0.15) is 5.75 Å². The number of aromatic hydroxyl groups is 1. The average Bonchev–Trinajstić information content (AvgIpc) is 2.94. The molecule has 0 radical (unpaired) electrons. The molecule has 0 amide bonds. The van der Waals surface area contributed by atoms with E-state index in [0.29, 0.717) is 16.7 Å². The van der Waals surface area contributed by atoms with Crippen LogP contribution in [0.4, 0.5) is 0 Å². The Kier molecular flexibility index (Phi) is 2.09. The molecule has 0 fully saturated rings. The van der Waals surface area contributed by atoms with Crippen LogP contribution in [0.1, 0.15) is 10.5 Å². The molecule has 0 saturated carbocycles. The summed E-state index contributed by atoms with van der Waals surface area (Å²) in [6.45, 7) is 0. The van der Waals surface area contributed by atoms with Crippen molar-refractivity contribution in [3.63, 3.8) is 0 Å². The molecule has 0 saturated heterocycles. The Balaban J connectivity index is 2.22. The minimum atomic E-state index is -1.16. The average molecular weight is 244 g/mol. The Labute approximate surface area is 100 Å². The molecule has 0 aliphatic heterocycles. The van der Waals surface area contributed by atoms with Crippen LogP contribution in [0.2, 0.25) is 0 Å². The van der Waals surface area contributed by atoms with Gasteiger partial charge in [-0.25, -0.2) is 4.79 Å². The zero-order chi connectivity index (χ0) is 12.7. The second-order valence-electron chi connectivity index (χ2n) is 3.78. The van der Waals surface area contributed by atoms with Crippen LogP contribution in [0.5, 0.6) is 5.75 Å². The zero-order valence-electron chi connectivity index (χ0n) is 9.04. The van der Waals surface area contributed by atoms with Crippen LogP contribution in [-0.2, 0) is 0 Å². The summed E-state index contributed by atoms with van der Waals surface area (Å²) in [7, 11) is 0. The summed E-state index contributed by atoms with van der Waals surface area (Å²) < 4.78 is 4.97. The van der Waals surface area contributed by atoms with E-state index in [4.69, 9.17) is 9.63 Å². The summed E-state index contributed by atoms with van der Waals surface area (Å²) in [5.41, 5.74) is 1.14. The second kappa shape index (κ2) is 3.63. The quantitative estimate of drug-likeness (QED) is 0.641. The van der Waals surface area contributed by atoms with Gasteiger partial charge in [-0.15, -0.1) is 0 Å². The molecule has 2 aromatic heterocycles. The van der Waals surface area contributed by atoms with E-state index in [2.05, 4.69) is 10.1 Å². The van der Waals surface area contributed by atoms with Gasteiger partial charge in [0.25, 0.3) is 0 Å². The molecular formula is C12H8N2O4. The summed E-state index contributed by atoms with van der Waals surface area (Å²) in [6.07, 6.45) is 1.64. The monoisotopic (exact) mass is 244 g/mol. The van der Waals surface area contributed by atoms with Crippen LogP contribution in [0.3, 0.4) is 0 Å². The number of rotatable bonds is 2. The number of phenolic OH excluding ortho intramolecular Hbond substituents is 1. The van der Waals surface area contributed by atoms with Gasteiger partial charge in [-0.1, -0.05) is 11.2 Å². The van der Waals surface area contributed by atoms with Crippen molar-refractivity contribution in [2.75, 3.05) is 0 Å².